The van der Waals surface area contributed by atoms with Crippen molar-refractivity contribution in [2.45, 2.75) is 57.8 Å². The predicted molar refractivity (Wildman–Crippen MR) is 94.2 cm³/mol. The van der Waals surface area contributed by atoms with E-state index in [0.29, 0.717) is 11.6 Å². The monoisotopic (exact) mass is 356 g/mol. The van der Waals surface area contributed by atoms with Crippen LogP contribution in [0.4, 0.5) is 0 Å². The predicted octanol–water partition coefficient (Wildman–Crippen LogP) is 2.24. The summed E-state index contributed by atoms with van der Waals surface area (Å²) >= 11 is 1.39. The molecule has 0 radical (unpaired) electrons. The van der Waals surface area contributed by atoms with E-state index >= 15 is 0 Å². The number of carbonyl (C=O) groups excluding carboxylic acids is 2. The number of amides is 1. The molecule has 7 nitrogen and oxygen atoms in total. The number of nitrogens with zero attached hydrogens (tertiary/aromatic N) is 3. The Morgan fingerprint density at radius 2 is 2.04 bits per heavy atom. The Bertz CT molecular complexity index is 540. The van der Waals surface area contributed by atoms with Crippen molar-refractivity contribution < 1.29 is 14.0 Å². The molecule has 1 amide bonds. The summed E-state index contributed by atoms with van der Waals surface area (Å²) in [5.74, 6) is 0.669. The van der Waals surface area contributed by atoms with Gasteiger partial charge in [-0.05, 0) is 40.2 Å². The largest absolute Gasteiger partial charge is 0.408 e. The summed E-state index contributed by atoms with van der Waals surface area (Å²) in [6, 6.07) is -0.613. The average Bonchev–Trinajstić information content (AvgIpc) is 2.93. The molecule has 1 aromatic rings. The van der Waals surface area contributed by atoms with Gasteiger partial charge in [0.25, 0.3) is 11.1 Å². The summed E-state index contributed by atoms with van der Waals surface area (Å²) in [5, 5.41) is 11.2. The van der Waals surface area contributed by atoms with Crippen molar-refractivity contribution in [1.82, 2.24) is 20.4 Å². The molecule has 24 heavy (non-hydrogen) atoms. The summed E-state index contributed by atoms with van der Waals surface area (Å²) in [6.07, 6.45) is 1.27. The molecule has 0 saturated heterocycles. The van der Waals surface area contributed by atoms with Crippen LogP contribution in [-0.4, -0.2) is 58.2 Å². The maximum absolute atomic E-state index is 12.9. The van der Waals surface area contributed by atoms with Gasteiger partial charge >= 0.3 is 0 Å². The smallest absolute Gasteiger partial charge is 0.286 e. The molecule has 1 atom stereocenters. The van der Waals surface area contributed by atoms with Gasteiger partial charge in [0.15, 0.2) is 0 Å². The standard InChI is InChI=1S/C16H28N4O3S/c1-11(2)9-12(20(10-21)16(3,4)5)13(22)14-18-19-15(23-14)24-8-7-17-6/h10-12,17H,7-9H2,1-6H3/t12-/m0/s1. The summed E-state index contributed by atoms with van der Waals surface area (Å²) in [6.45, 7) is 10.5. The van der Waals surface area contributed by atoms with E-state index in [-0.39, 0.29) is 17.6 Å². The molecule has 0 aliphatic rings. The lowest BCUT2D eigenvalue weighted by Gasteiger charge is -2.38. The van der Waals surface area contributed by atoms with Gasteiger partial charge in [0, 0.05) is 17.8 Å². The van der Waals surface area contributed by atoms with Crippen LogP contribution in [0.25, 0.3) is 0 Å². The van der Waals surface area contributed by atoms with E-state index in [1.807, 2.05) is 41.7 Å². The zero-order chi connectivity index (χ0) is 18.3. The van der Waals surface area contributed by atoms with Crippen molar-refractivity contribution in [1.29, 1.82) is 0 Å². The fourth-order valence-corrected chi connectivity index (χ4v) is 2.96. The normalized spacial score (nSPS) is 13.1. The van der Waals surface area contributed by atoms with Gasteiger partial charge in [-0.25, -0.2) is 0 Å². The molecule has 0 saturated carbocycles. The number of hydrogen-bond acceptors (Lipinski definition) is 7. The van der Waals surface area contributed by atoms with Crippen LogP contribution in [0.3, 0.4) is 0 Å². The van der Waals surface area contributed by atoms with Gasteiger partial charge < -0.3 is 14.6 Å². The number of rotatable bonds is 10. The topological polar surface area (TPSA) is 88.3 Å². The SMILES string of the molecule is CNCCSc1nnc(C(=O)[C@H](CC(C)C)N(C=O)C(C)(C)C)o1. The number of aromatic nitrogens is 2. The van der Waals surface area contributed by atoms with Crippen molar-refractivity contribution in [3.8, 4) is 0 Å². The van der Waals surface area contributed by atoms with Crippen molar-refractivity contribution in [3.05, 3.63) is 5.89 Å². The highest BCUT2D eigenvalue weighted by Gasteiger charge is 2.36. The summed E-state index contributed by atoms with van der Waals surface area (Å²) in [7, 11) is 1.86. The molecule has 0 fully saturated rings. The van der Waals surface area contributed by atoms with Crippen molar-refractivity contribution in [2.75, 3.05) is 19.3 Å². The molecule has 8 heteroatoms. The highest BCUT2D eigenvalue weighted by Crippen LogP contribution is 2.24. The first-order valence-corrected chi connectivity index (χ1v) is 9.08. The maximum Gasteiger partial charge on any atom is 0.286 e. The Kier molecular flexibility index (Phi) is 7.89. The number of carbonyl (C=O) groups is 2. The van der Waals surface area contributed by atoms with Gasteiger partial charge in [0.2, 0.25) is 12.2 Å². The Balaban J connectivity index is 2.97. The Labute approximate surface area is 147 Å². The summed E-state index contributed by atoms with van der Waals surface area (Å²) < 4.78 is 5.48. The summed E-state index contributed by atoms with van der Waals surface area (Å²) in [5.41, 5.74) is -0.471. The van der Waals surface area contributed by atoms with Crippen LogP contribution in [0.1, 0.15) is 51.7 Å². The lowest BCUT2D eigenvalue weighted by Crippen LogP contribution is -2.51. The molecular formula is C16H28N4O3S. The quantitative estimate of drug-likeness (QED) is 0.298. The van der Waals surface area contributed by atoms with Gasteiger partial charge in [-0.2, -0.15) is 0 Å². The molecule has 0 bridgehead atoms. The zero-order valence-corrected chi connectivity index (χ0v) is 16.1. The Morgan fingerprint density at radius 3 is 2.54 bits per heavy atom. The second kappa shape index (κ2) is 9.17. The van der Waals surface area contributed by atoms with Gasteiger partial charge in [-0.15, -0.1) is 10.2 Å². The lowest BCUT2D eigenvalue weighted by atomic mass is 9.94. The van der Waals surface area contributed by atoms with E-state index in [4.69, 9.17) is 4.42 Å². The highest BCUT2D eigenvalue weighted by molar-refractivity contribution is 7.99. The van der Waals surface area contributed by atoms with Crippen LogP contribution in [0.2, 0.25) is 0 Å². The fraction of sp³-hybridized carbons (Fsp3) is 0.750. The van der Waals surface area contributed by atoms with E-state index < -0.39 is 11.6 Å². The Hall–Kier alpha value is -1.41. The number of nitrogens with one attached hydrogen (secondary N) is 1. The van der Waals surface area contributed by atoms with Gasteiger partial charge in [0.1, 0.15) is 6.04 Å². The fourth-order valence-electron chi connectivity index (χ4n) is 2.24. The molecule has 0 spiro atoms. The van der Waals surface area contributed by atoms with Crippen LogP contribution < -0.4 is 5.32 Å². The second-order valence-corrected chi connectivity index (χ2v) is 8.06. The first kappa shape index (κ1) is 20.6. The molecule has 1 aromatic heterocycles. The third-order valence-electron chi connectivity index (χ3n) is 3.42. The van der Waals surface area contributed by atoms with E-state index in [2.05, 4.69) is 15.5 Å². The van der Waals surface area contributed by atoms with E-state index in [0.717, 1.165) is 18.7 Å². The van der Waals surface area contributed by atoms with Crippen LogP contribution in [0.15, 0.2) is 9.64 Å². The van der Waals surface area contributed by atoms with Gasteiger partial charge in [-0.3, -0.25) is 9.59 Å². The molecule has 1 N–H and O–H groups in total. The first-order valence-electron chi connectivity index (χ1n) is 8.09. The van der Waals surface area contributed by atoms with Crippen LogP contribution in [-0.2, 0) is 4.79 Å². The summed E-state index contributed by atoms with van der Waals surface area (Å²) in [4.78, 5) is 26.0. The molecule has 0 aliphatic heterocycles. The molecule has 0 unspecified atom stereocenters. The number of Topliss-reactive ketones (excluding diaryl/α,β-unsaturated/α-hetero) is 1. The second-order valence-electron chi connectivity index (χ2n) is 7.02. The van der Waals surface area contributed by atoms with Crippen molar-refractivity contribution in [2.24, 2.45) is 5.92 Å². The third-order valence-corrected chi connectivity index (χ3v) is 4.24. The maximum atomic E-state index is 12.9. The molecule has 0 aromatic carbocycles. The van der Waals surface area contributed by atoms with Crippen molar-refractivity contribution >= 4 is 24.0 Å². The van der Waals surface area contributed by atoms with Crippen LogP contribution >= 0.6 is 11.8 Å². The van der Waals surface area contributed by atoms with E-state index in [9.17, 15) is 9.59 Å². The van der Waals surface area contributed by atoms with Crippen LogP contribution in [0.5, 0.6) is 0 Å². The highest BCUT2D eigenvalue weighted by atomic mass is 32.2. The lowest BCUT2D eigenvalue weighted by molar-refractivity contribution is -0.124. The minimum absolute atomic E-state index is 0.0382. The molecular weight excluding hydrogens is 328 g/mol. The third kappa shape index (κ3) is 5.90. The zero-order valence-electron chi connectivity index (χ0n) is 15.3. The number of ketones is 1. The average molecular weight is 356 g/mol. The molecule has 1 rings (SSSR count). The van der Waals surface area contributed by atoms with E-state index in [1.54, 1.807) is 0 Å². The van der Waals surface area contributed by atoms with Gasteiger partial charge in [0.05, 0.1) is 0 Å². The molecule has 136 valence electrons. The van der Waals surface area contributed by atoms with Crippen molar-refractivity contribution in [3.63, 3.8) is 0 Å². The number of hydrogen-bond donors (Lipinski definition) is 1. The Morgan fingerprint density at radius 1 is 1.38 bits per heavy atom. The molecule has 1 heterocycles. The minimum atomic E-state index is -0.613. The van der Waals surface area contributed by atoms with Gasteiger partial charge in [-0.1, -0.05) is 25.6 Å². The van der Waals surface area contributed by atoms with E-state index in [1.165, 1.54) is 16.7 Å². The van der Waals surface area contributed by atoms with Crippen LogP contribution in [0, 0.1) is 5.92 Å². The minimum Gasteiger partial charge on any atom is -0.408 e. The molecule has 0 aliphatic carbocycles. The number of thioether (sulfide) groups is 1. The first-order chi connectivity index (χ1) is 11.2.